The summed E-state index contributed by atoms with van der Waals surface area (Å²) in [6.07, 6.45) is -3.65. The van der Waals surface area contributed by atoms with Gasteiger partial charge in [0.25, 0.3) is 0 Å². The molecule has 0 bridgehead atoms. The fraction of sp³-hybridized carbons (Fsp3) is 0.611. The lowest BCUT2D eigenvalue weighted by atomic mass is 9.97. The third-order valence-electron chi connectivity index (χ3n) is 4.56. The van der Waals surface area contributed by atoms with E-state index in [1.54, 1.807) is 12.1 Å². The van der Waals surface area contributed by atoms with E-state index in [0.29, 0.717) is 11.7 Å². The maximum Gasteiger partial charge on any atom is 0.223 e. The molecule has 0 aliphatic carbocycles. The van der Waals surface area contributed by atoms with Crippen molar-refractivity contribution in [3.63, 3.8) is 0 Å². The van der Waals surface area contributed by atoms with Gasteiger partial charge in [0.15, 0.2) is 0 Å². The van der Waals surface area contributed by atoms with E-state index in [9.17, 15) is 20.1 Å². The lowest BCUT2D eigenvalue weighted by Gasteiger charge is -2.42. The van der Waals surface area contributed by atoms with Crippen molar-refractivity contribution in [1.29, 1.82) is 0 Å². The summed E-state index contributed by atoms with van der Waals surface area (Å²) in [7, 11) is 0. The van der Waals surface area contributed by atoms with Gasteiger partial charge in [-0.3, -0.25) is 4.79 Å². The highest BCUT2D eigenvalue weighted by Crippen LogP contribution is 2.26. The number of nitrogens with one attached hydrogen (secondary N) is 1. The maximum absolute atomic E-state index is 11.4. The Morgan fingerprint density at radius 1 is 1.28 bits per heavy atom. The third-order valence-corrected chi connectivity index (χ3v) is 4.56. The van der Waals surface area contributed by atoms with E-state index < -0.39 is 37.3 Å². The number of amides is 1. The predicted octanol–water partition coefficient (Wildman–Crippen LogP) is 0.523. The van der Waals surface area contributed by atoms with Crippen LogP contribution in [0.1, 0.15) is 38.7 Å². The van der Waals surface area contributed by atoms with Gasteiger partial charge in [-0.15, -0.1) is 0 Å². The van der Waals surface area contributed by atoms with Gasteiger partial charge >= 0.3 is 0 Å². The third kappa shape index (κ3) is 4.70. The van der Waals surface area contributed by atoms with E-state index in [2.05, 4.69) is 19.2 Å². The van der Waals surface area contributed by atoms with Crippen LogP contribution < -0.4 is 10.1 Å². The zero-order valence-corrected chi connectivity index (χ0v) is 14.8. The van der Waals surface area contributed by atoms with Crippen LogP contribution in [-0.4, -0.2) is 58.5 Å². The Kier molecular flexibility index (Phi) is 6.78. The van der Waals surface area contributed by atoms with Crippen LogP contribution in [0.2, 0.25) is 0 Å². The summed E-state index contributed by atoms with van der Waals surface area (Å²) in [5, 5.41) is 32.1. The molecule has 7 nitrogen and oxygen atoms in total. The average molecular weight is 353 g/mol. The van der Waals surface area contributed by atoms with Gasteiger partial charge in [0.05, 0.1) is 6.61 Å². The molecular weight excluding hydrogens is 326 g/mol. The smallest absolute Gasteiger partial charge is 0.223 e. The molecule has 1 fully saturated rings. The molecule has 1 aliphatic heterocycles. The number of benzene rings is 1. The van der Waals surface area contributed by atoms with Crippen LogP contribution in [0.3, 0.4) is 0 Å². The van der Waals surface area contributed by atoms with Crippen LogP contribution in [0.5, 0.6) is 5.75 Å². The molecule has 1 amide bonds. The normalized spacial score (nSPS) is 30.6. The zero-order chi connectivity index (χ0) is 18.6. The number of aliphatic hydroxyl groups excluding tert-OH is 3. The van der Waals surface area contributed by atoms with E-state index in [1.165, 1.54) is 12.5 Å². The lowest BCUT2D eigenvalue weighted by Crippen LogP contribution is -2.65. The second kappa shape index (κ2) is 8.62. The maximum atomic E-state index is 11.4. The number of carbonyl (C=O) groups excluding carboxylic acids is 1. The van der Waals surface area contributed by atoms with Gasteiger partial charge in [-0.2, -0.15) is 0 Å². The summed E-state index contributed by atoms with van der Waals surface area (Å²) in [4.78, 5) is 11.4. The lowest BCUT2D eigenvalue weighted by molar-refractivity contribution is -0.244. The van der Waals surface area contributed by atoms with Gasteiger partial charge in [0, 0.05) is 6.92 Å². The Balaban J connectivity index is 2.16. The van der Waals surface area contributed by atoms with Gasteiger partial charge < -0.3 is 30.1 Å². The Bertz CT molecular complexity index is 563. The molecule has 6 atom stereocenters. The van der Waals surface area contributed by atoms with Crippen molar-refractivity contribution >= 4 is 5.91 Å². The molecule has 1 saturated heterocycles. The monoisotopic (exact) mass is 353 g/mol. The van der Waals surface area contributed by atoms with Crippen LogP contribution >= 0.6 is 0 Å². The second-order valence-electron chi connectivity index (χ2n) is 6.43. The molecule has 0 radical (unpaired) electrons. The summed E-state index contributed by atoms with van der Waals surface area (Å²) in [6, 6.07) is 6.54. The van der Waals surface area contributed by atoms with Crippen LogP contribution in [0.25, 0.3) is 0 Å². The fourth-order valence-corrected chi connectivity index (χ4v) is 2.82. The Hall–Kier alpha value is -1.67. The number of hydrogen-bond acceptors (Lipinski definition) is 6. The molecule has 0 aromatic heterocycles. The van der Waals surface area contributed by atoms with E-state index in [4.69, 9.17) is 9.47 Å². The highest BCUT2D eigenvalue weighted by Gasteiger charge is 2.46. The minimum absolute atomic E-state index is 0.386. The molecular formula is C18H27NO6. The highest BCUT2D eigenvalue weighted by molar-refractivity contribution is 5.73. The van der Waals surface area contributed by atoms with Gasteiger partial charge in [-0.05, 0) is 30.0 Å². The molecule has 25 heavy (non-hydrogen) atoms. The first-order valence-corrected chi connectivity index (χ1v) is 8.53. The van der Waals surface area contributed by atoms with Crippen molar-refractivity contribution < 1.29 is 29.6 Å². The average Bonchev–Trinajstić information content (AvgIpc) is 2.60. The fourth-order valence-electron chi connectivity index (χ4n) is 2.82. The molecule has 1 heterocycles. The summed E-state index contributed by atoms with van der Waals surface area (Å²) < 4.78 is 11.3. The standard InChI is InChI=1S/C18H27NO6/c1-4-10(2)12-5-7-13(8-6-12)24-18-15(19-11(3)21)17(23)16(22)14(9-20)25-18/h5-8,10,14-18,20,22-23H,4,9H2,1-3H3,(H,19,21)/t10-,14+,15-,16-,17+,18-/m1/s1. The van der Waals surface area contributed by atoms with Crippen molar-refractivity contribution in [2.45, 2.75) is 63.8 Å². The molecule has 2 rings (SSSR count). The van der Waals surface area contributed by atoms with Gasteiger partial charge in [0.2, 0.25) is 12.2 Å². The first-order valence-electron chi connectivity index (χ1n) is 8.53. The first kappa shape index (κ1) is 19.7. The van der Waals surface area contributed by atoms with Crippen molar-refractivity contribution in [1.82, 2.24) is 5.32 Å². The zero-order valence-electron chi connectivity index (χ0n) is 14.8. The minimum Gasteiger partial charge on any atom is -0.463 e. The Morgan fingerprint density at radius 2 is 1.92 bits per heavy atom. The highest BCUT2D eigenvalue weighted by atomic mass is 16.7. The molecule has 0 unspecified atom stereocenters. The molecule has 4 N–H and O–H groups in total. The molecule has 0 spiro atoms. The molecule has 140 valence electrons. The molecule has 0 saturated carbocycles. The number of hydrogen-bond donors (Lipinski definition) is 4. The molecule has 1 aromatic rings. The summed E-state index contributed by atoms with van der Waals surface area (Å²) in [6.45, 7) is 5.08. The van der Waals surface area contributed by atoms with Crippen LogP contribution in [0.4, 0.5) is 0 Å². The molecule has 7 heteroatoms. The number of aliphatic hydroxyl groups is 3. The summed E-state index contributed by atoms with van der Waals surface area (Å²) in [5.74, 6) is 0.554. The molecule has 1 aromatic carbocycles. The quantitative estimate of drug-likeness (QED) is 0.594. The van der Waals surface area contributed by atoms with Crippen molar-refractivity contribution in [3.8, 4) is 5.75 Å². The Morgan fingerprint density at radius 3 is 2.44 bits per heavy atom. The number of carbonyl (C=O) groups is 1. The molecule has 1 aliphatic rings. The van der Waals surface area contributed by atoms with Crippen molar-refractivity contribution in [2.24, 2.45) is 0 Å². The summed E-state index contributed by atoms with van der Waals surface area (Å²) >= 11 is 0. The number of ether oxygens (including phenoxy) is 2. The van der Waals surface area contributed by atoms with E-state index in [0.717, 1.165) is 6.42 Å². The van der Waals surface area contributed by atoms with Crippen molar-refractivity contribution in [3.05, 3.63) is 29.8 Å². The summed E-state index contributed by atoms with van der Waals surface area (Å²) in [5.41, 5.74) is 1.18. The van der Waals surface area contributed by atoms with E-state index >= 15 is 0 Å². The van der Waals surface area contributed by atoms with E-state index in [1.807, 2.05) is 12.1 Å². The first-order chi connectivity index (χ1) is 11.9. The largest absolute Gasteiger partial charge is 0.463 e. The van der Waals surface area contributed by atoms with Crippen LogP contribution in [0, 0.1) is 0 Å². The minimum atomic E-state index is -1.32. The Labute approximate surface area is 147 Å². The van der Waals surface area contributed by atoms with Crippen LogP contribution in [-0.2, 0) is 9.53 Å². The van der Waals surface area contributed by atoms with Gasteiger partial charge in [-0.25, -0.2) is 0 Å². The van der Waals surface area contributed by atoms with E-state index in [-0.39, 0.29) is 5.91 Å². The second-order valence-corrected chi connectivity index (χ2v) is 6.43. The predicted molar refractivity (Wildman–Crippen MR) is 91.1 cm³/mol. The van der Waals surface area contributed by atoms with Gasteiger partial charge in [-0.1, -0.05) is 26.0 Å². The number of rotatable bonds is 6. The van der Waals surface area contributed by atoms with Crippen LogP contribution in [0.15, 0.2) is 24.3 Å². The topological polar surface area (TPSA) is 108 Å². The van der Waals surface area contributed by atoms with Crippen molar-refractivity contribution in [2.75, 3.05) is 6.61 Å². The SMILES string of the molecule is CC[C@@H](C)c1ccc(O[C@@H]2O[C@@H](CO)[C@@H](O)[C@@H](O)[C@H]2NC(C)=O)cc1. The van der Waals surface area contributed by atoms with Gasteiger partial charge in [0.1, 0.15) is 30.1 Å².